The van der Waals surface area contributed by atoms with Gasteiger partial charge in [0.05, 0.1) is 6.54 Å². The van der Waals surface area contributed by atoms with Crippen molar-refractivity contribution in [2.75, 3.05) is 44.2 Å². The Morgan fingerprint density at radius 3 is 2.52 bits per heavy atom. The first-order valence-corrected chi connectivity index (χ1v) is 12.8. The number of benzene rings is 1. The molecule has 1 aromatic carbocycles. The summed E-state index contributed by atoms with van der Waals surface area (Å²) in [6, 6.07) is 10.4. The van der Waals surface area contributed by atoms with Crippen molar-refractivity contribution in [2.45, 2.75) is 17.9 Å². The SMILES string of the molecule is O=C1CN(S(=O)(=O)c2cc3cc(Cl)ccc3o2)CCN1CC1CCN(c2ccncc2)CC1. The van der Waals surface area contributed by atoms with Crippen LogP contribution in [-0.4, -0.2) is 67.8 Å². The van der Waals surface area contributed by atoms with Gasteiger partial charge in [0.1, 0.15) is 5.58 Å². The highest BCUT2D eigenvalue weighted by Crippen LogP contribution is 2.29. The second-order valence-electron chi connectivity index (χ2n) is 8.56. The molecule has 0 unspecified atom stereocenters. The minimum atomic E-state index is -3.90. The molecule has 8 nitrogen and oxygen atoms in total. The number of hydrogen-bond donors (Lipinski definition) is 0. The average molecular weight is 489 g/mol. The lowest BCUT2D eigenvalue weighted by Gasteiger charge is -2.38. The van der Waals surface area contributed by atoms with E-state index in [9.17, 15) is 13.2 Å². The zero-order chi connectivity index (χ0) is 23.0. The summed E-state index contributed by atoms with van der Waals surface area (Å²) in [5.74, 6) is 0.246. The van der Waals surface area contributed by atoms with Crippen molar-refractivity contribution >= 4 is 44.2 Å². The van der Waals surface area contributed by atoms with Crippen LogP contribution in [-0.2, 0) is 14.8 Å². The Hall–Kier alpha value is -2.62. The smallest absolute Gasteiger partial charge is 0.277 e. The van der Waals surface area contributed by atoms with E-state index < -0.39 is 10.0 Å². The van der Waals surface area contributed by atoms with Crippen molar-refractivity contribution in [2.24, 2.45) is 5.92 Å². The van der Waals surface area contributed by atoms with E-state index in [4.69, 9.17) is 16.0 Å². The number of anilines is 1. The molecule has 174 valence electrons. The Balaban J connectivity index is 1.19. The molecule has 2 aliphatic rings. The van der Waals surface area contributed by atoms with E-state index in [2.05, 4.69) is 9.88 Å². The highest BCUT2D eigenvalue weighted by atomic mass is 35.5. The molecule has 0 atom stereocenters. The van der Waals surface area contributed by atoms with Crippen LogP contribution in [0.5, 0.6) is 0 Å². The second kappa shape index (κ2) is 8.96. The summed E-state index contributed by atoms with van der Waals surface area (Å²) < 4.78 is 32.9. The molecule has 2 saturated heterocycles. The lowest BCUT2D eigenvalue weighted by molar-refractivity contribution is -0.134. The molecule has 0 radical (unpaired) electrons. The fraction of sp³-hybridized carbons (Fsp3) is 0.391. The van der Waals surface area contributed by atoms with Crippen LogP contribution in [0.3, 0.4) is 0 Å². The number of halogens is 1. The molecule has 2 aromatic heterocycles. The topological polar surface area (TPSA) is 87.0 Å². The molecule has 2 fully saturated rings. The van der Waals surface area contributed by atoms with Crippen molar-refractivity contribution in [1.82, 2.24) is 14.2 Å². The van der Waals surface area contributed by atoms with Crippen LogP contribution < -0.4 is 4.90 Å². The molecule has 0 saturated carbocycles. The summed E-state index contributed by atoms with van der Waals surface area (Å²) in [4.78, 5) is 21.0. The molecule has 10 heteroatoms. The van der Waals surface area contributed by atoms with Gasteiger partial charge in [-0.25, -0.2) is 8.42 Å². The molecule has 2 aliphatic heterocycles. The van der Waals surface area contributed by atoms with Crippen LogP contribution in [0, 0.1) is 5.92 Å². The van der Waals surface area contributed by atoms with Crippen LogP contribution in [0.4, 0.5) is 5.69 Å². The molecule has 0 bridgehead atoms. The number of pyridine rings is 1. The monoisotopic (exact) mass is 488 g/mol. The summed E-state index contributed by atoms with van der Waals surface area (Å²) in [6.07, 6.45) is 5.59. The van der Waals surface area contributed by atoms with Gasteiger partial charge in [-0.15, -0.1) is 0 Å². The minimum Gasteiger partial charge on any atom is -0.443 e. The van der Waals surface area contributed by atoms with Gasteiger partial charge in [-0.2, -0.15) is 4.31 Å². The summed E-state index contributed by atoms with van der Waals surface area (Å²) >= 11 is 5.99. The Morgan fingerprint density at radius 2 is 1.79 bits per heavy atom. The van der Waals surface area contributed by atoms with Gasteiger partial charge < -0.3 is 14.2 Å². The lowest BCUT2D eigenvalue weighted by Crippen LogP contribution is -2.53. The molecule has 5 rings (SSSR count). The van der Waals surface area contributed by atoms with E-state index in [-0.39, 0.29) is 24.1 Å². The van der Waals surface area contributed by atoms with Crippen LogP contribution >= 0.6 is 11.6 Å². The third-order valence-corrected chi connectivity index (χ3v) is 8.39. The van der Waals surface area contributed by atoms with Crippen LogP contribution in [0.25, 0.3) is 11.0 Å². The molecule has 33 heavy (non-hydrogen) atoms. The number of amides is 1. The van der Waals surface area contributed by atoms with Gasteiger partial charge in [-0.3, -0.25) is 9.78 Å². The van der Waals surface area contributed by atoms with E-state index in [1.54, 1.807) is 35.5 Å². The third kappa shape index (κ3) is 4.58. The van der Waals surface area contributed by atoms with Crippen molar-refractivity contribution < 1.29 is 17.6 Å². The van der Waals surface area contributed by atoms with Gasteiger partial charge in [0.25, 0.3) is 10.0 Å². The molecule has 0 aliphatic carbocycles. The first-order chi connectivity index (χ1) is 15.9. The number of piperazine rings is 1. The predicted octanol–water partition coefficient (Wildman–Crippen LogP) is 3.23. The Kier molecular flexibility index (Phi) is 6.03. The Bertz CT molecular complexity index is 1260. The quantitative estimate of drug-likeness (QED) is 0.548. The first kappa shape index (κ1) is 22.2. The number of furan rings is 1. The predicted molar refractivity (Wildman–Crippen MR) is 126 cm³/mol. The van der Waals surface area contributed by atoms with Gasteiger partial charge >= 0.3 is 0 Å². The third-order valence-electron chi connectivity index (χ3n) is 6.45. The van der Waals surface area contributed by atoms with Gasteiger partial charge in [0, 0.05) is 67.3 Å². The maximum atomic E-state index is 13.1. The fourth-order valence-electron chi connectivity index (χ4n) is 4.57. The Labute approximate surface area is 197 Å². The fourth-order valence-corrected chi connectivity index (χ4v) is 6.08. The van der Waals surface area contributed by atoms with E-state index in [0.29, 0.717) is 35.0 Å². The largest absolute Gasteiger partial charge is 0.443 e. The zero-order valence-corrected chi connectivity index (χ0v) is 19.6. The number of aromatic nitrogens is 1. The normalized spacial score (nSPS) is 18.9. The van der Waals surface area contributed by atoms with Crippen LogP contribution in [0.1, 0.15) is 12.8 Å². The molecule has 3 aromatic rings. The van der Waals surface area contributed by atoms with Gasteiger partial charge in [-0.1, -0.05) is 11.6 Å². The van der Waals surface area contributed by atoms with Crippen LogP contribution in [0.2, 0.25) is 5.02 Å². The van der Waals surface area contributed by atoms with Gasteiger partial charge in [0.15, 0.2) is 0 Å². The molecule has 4 heterocycles. The zero-order valence-electron chi connectivity index (χ0n) is 18.1. The van der Waals surface area contributed by atoms with E-state index in [1.807, 2.05) is 12.1 Å². The molecule has 0 N–H and O–H groups in total. The summed E-state index contributed by atoms with van der Waals surface area (Å²) in [7, 11) is -3.90. The van der Waals surface area contributed by atoms with E-state index in [0.717, 1.165) is 25.9 Å². The number of piperidine rings is 1. The second-order valence-corrected chi connectivity index (χ2v) is 10.9. The summed E-state index contributed by atoms with van der Waals surface area (Å²) in [5, 5.41) is 0.955. The molecular formula is C23H25ClN4O4S. The number of nitrogens with zero attached hydrogens (tertiary/aromatic N) is 4. The first-order valence-electron chi connectivity index (χ1n) is 11.0. The number of rotatable bonds is 5. The number of hydrogen-bond acceptors (Lipinski definition) is 6. The average Bonchev–Trinajstić information content (AvgIpc) is 3.25. The van der Waals surface area contributed by atoms with Crippen molar-refractivity contribution in [3.63, 3.8) is 0 Å². The number of carbonyl (C=O) groups excluding carboxylic acids is 1. The van der Waals surface area contributed by atoms with E-state index >= 15 is 0 Å². The van der Waals surface area contributed by atoms with Crippen molar-refractivity contribution in [1.29, 1.82) is 0 Å². The molecular weight excluding hydrogens is 464 g/mol. The number of carbonyl (C=O) groups is 1. The number of sulfonamides is 1. The standard InChI is InChI=1S/C23H25ClN4O4S/c24-19-1-2-21-18(13-19)14-23(32-21)33(30,31)28-12-11-27(22(29)16-28)15-17-5-9-26(10-6-17)20-3-7-25-8-4-20/h1-4,7-8,13-14,17H,5-6,9-12,15-16H2. The highest BCUT2D eigenvalue weighted by molar-refractivity contribution is 7.89. The molecule has 0 spiro atoms. The maximum absolute atomic E-state index is 13.1. The van der Waals surface area contributed by atoms with Gasteiger partial charge in [0.2, 0.25) is 11.0 Å². The van der Waals surface area contributed by atoms with Crippen molar-refractivity contribution in [3.05, 3.63) is 53.8 Å². The maximum Gasteiger partial charge on any atom is 0.277 e. The minimum absolute atomic E-state index is 0.162. The Morgan fingerprint density at radius 1 is 1.03 bits per heavy atom. The highest BCUT2D eigenvalue weighted by Gasteiger charge is 2.36. The summed E-state index contributed by atoms with van der Waals surface area (Å²) in [5.41, 5.74) is 1.62. The van der Waals surface area contributed by atoms with Crippen LogP contribution in [0.15, 0.2) is 58.3 Å². The van der Waals surface area contributed by atoms with Crippen molar-refractivity contribution in [3.8, 4) is 0 Å². The lowest BCUT2D eigenvalue weighted by atomic mass is 9.95. The summed E-state index contributed by atoms with van der Waals surface area (Å²) in [6.45, 7) is 3.01. The number of fused-ring (bicyclic) bond motifs is 1. The molecule has 1 amide bonds. The van der Waals surface area contributed by atoms with E-state index in [1.165, 1.54) is 16.1 Å². The van der Waals surface area contributed by atoms with Gasteiger partial charge in [-0.05, 0) is 49.1 Å².